The van der Waals surface area contributed by atoms with Crippen molar-refractivity contribution < 1.29 is 9.59 Å². The molecule has 0 unspecified atom stereocenters. The topological polar surface area (TPSA) is 49.4 Å². The van der Waals surface area contributed by atoms with Crippen molar-refractivity contribution in [1.29, 1.82) is 0 Å². The van der Waals surface area contributed by atoms with Crippen LogP contribution in [0.3, 0.4) is 0 Å². The second-order valence-electron chi connectivity index (χ2n) is 8.11. The Labute approximate surface area is 197 Å². The molecule has 0 spiro atoms. The van der Waals surface area contributed by atoms with E-state index in [1.807, 2.05) is 83.8 Å². The van der Waals surface area contributed by atoms with Gasteiger partial charge in [0.2, 0.25) is 5.91 Å². The van der Waals surface area contributed by atoms with E-state index in [1.165, 1.54) is 0 Å². The third-order valence-corrected chi connectivity index (χ3v) is 7.20. The summed E-state index contributed by atoms with van der Waals surface area (Å²) >= 11 is 1.63. The molecule has 0 radical (unpaired) electrons. The van der Waals surface area contributed by atoms with Crippen LogP contribution >= 0.6 is 11.8 Å². The highest BCUT2D eigenvalue weighted by atomic mass is 32.2. The fraction of sp³-hybridized carbons (Fsp3) is 0.143. The molecule has 33 heavy (non-hydrogen) atoms. The average Bonchev–Trinajstić information content (AvgIpc) is 3.23. The van der Waals surface area contributed by atoms with Crippen LogP contribution in [0.15, 0.2) is 97.1 Å². The summed E-state index contributed by atoms with van der Waals surface area (Å²) in [6.07, 6.45) is 0. The first kappa shape index (κ1) is 21.3. The number of fused-ring (bicyclic) bond motifs is 1. The molecule has 4 aromatic rings. The van der Waals surface area contributed by atoms with Crippen LogP contribution in [0.1, 0.15) is 32.4 Å². The minimum Gasteiger partial charge on any atom is -0.348 e. The van der Waals surface area contributed by atoms with Gasteiger partial charge in [0.1, 0.15) is 5.37 Å². The van der Waals surface area contributed by atoms with Gasteiger partial charge in [-0.2, -0.15) is 0 Å². The van der Waals surface area contributed by atoms with E-state index in [4.69, 9.17) is 0 Å². The van der Waals surface area contributed by atoms with Gasteiger partial charge in [-0.25, -0.2) is 0 Å². The first-order valence-corrected chi connectivity index (χ1v) is 12.0. The van der Waals surface area contributed by atoms with E-state index in [-0.39, 0.29) is 17.2 Å². The fourth-order valence-corrected chi connectivity index (χ4v) is 5.39. The summed E-state index contributed by atoms with van der Waals surface area (Å²) in [5.74, 6) is 0.515. The smallest absolute Gasteiger partial charge is 0.251 e. The van der Waals surface area contributed by atoms with Gasteiger partial charge in [0, 0.05) is 18.7 Å². The van der Waals surface area contributed by atoms with Crippen molar-refractivity contribution in [1.82, 2.24) is 10.2 Å². The number of rotatable bonds is 6. The summed E-state index contributed by atoms with van der Waals surface area (Å²) in [7, 11) is 0. The van der Waals surface area contributed by atoms with Crippen LogP contribution < -0.4 is 5.32 Å². The summed E-state index contributed by atoms with van der Waals surface area (Å²) < 4.78 is 0. The molecule has 0 aromatic heterocycles. The highest BCUT2D eigenvalue weighted by Crippen LogP contribution is 2.39. The van der Waals surface area contributed by atoms with Gasteiger partial charge in [-0.1, -0.05) is 84.9 Å². The summed E-state index contributed by atoms with van der Waals surface area (Å²) in [4.78, 5) is 27.2. The van der Waals surface area contributed by atoms with E-state index in [9.17, 15) is 9.59 Å². The average molecular weight is 453 g/mol. The minimum atomic E-state index is -0.106. The number of amides is 2. The molecule has 1 aliphatic rings. The number of hydrogen-bond donors (Lipinski definition) is 1. The molecule has 5 heteroatoms. The molecule has 1 N–H and O–H groups in total. The minimum absolute atomic E-state index is 0.0366. The largest absolute Gasteiger partial charge is 0.348 e. The second kappa shape index (κ2) is 9.51. The number of benzene rings is 4. The zero-order chi connectivity index (χ0) is 22.6. The number of carbonyl (C=O) groups is 2. The molecule has 0 saturated carbocycles. The van der Waals surface area contributed by atoms with Gasteiger partial charge in [0.15, 0.2) is 0 Å². The van der Waals surface area contributed by atoms with E-state index in [1.54, 1.807) is 11.8 Å². The molecule has 1 saturated heterocycles. The maximum absolute atomic E-state index is 12.8. The fourth-order valence-electron chi connectivity index (χ4n) is 4.20. The predicted octanol–water partition coefficient (Wildman–Crippen LogP) is 5.54. The maximum atomic E-state index is 12.8. The molecule has 1 atom stereocenters. The number of hydrogen-bond acceptors (Lipinski definition) is 3. The van der Waals surface area contributed by atoms with Crippen molar-refractivity contribution in [2.24, 2.45) is 0 Å². The lowest BCUT2D eigenvalue weighted by molar-refractivity contribution is -0.128. The number of nitrogens with one attached hydrogen (secondary N) is 1. The first-order valence-electron chi connectivity index (χ1n) is 11.0. The van der Waals surface area contributed by atoms with E-state index >= 15 is 0 Å². The third kappa shape index (κ3) is 4.64. The van der Waals surface area contributed by atoms with Gasteiger partial charge in [-0.3, -0.25) is 9.59 Å². The highest BCUT2D eigenvalue weighted by molar-refractivity contribution is 8.00. The Bertz CT molecular complexity index is 1280. The number of thioether (sulfide) groups is 1. The molecule has 1 heterocycles. The zero-order valence-electron chi connectivity index (χ0n) is 18.1. The molecule has 4 aromatic carbocycles. The highest BCUT2D eigenvalue weighted by Gasteiger charge is 2.32. The van der Waals surface area contributed by atoms with E-state index < -0.39 is 0 Å². The SMILES string of the molecule is O=C(NCc1cccc2ccccc12)c1ccc([C@@H]2SCC(=O)N2Cc2ccccc2)cc1. The lowest BCUT2D eigenvalue weighted by Gasteiger charge is -2.24. The van der Waals surface area contributed by atoms with Crippen molar-refractivity contribution in [2.45, 2.75) is 18.5 Å². The molecule has 4 nitrogen and oxygen atoms in total. The Balaban J connectivity index is 1.27. The van der Waals surface area contributed by atoms with Crippen LogP contribution in [0.4, 0.5) is 0 Å². The molecule has 1 fully saturated rings. The molecular weight excluding hydrogens is 428 g/mol. The van der Waals surface area contributed by atoms with Crippen molar-refractivity contribution in [3.8, 4) is 0 Å². The van der Waals surface area contributed by atoms with Crippen molar-refractivity contribution in [3.05, 3.63) is 119 Å². The first-order chi connectivity index (χ1) is 16.2. The molecule has 1 aliphatic heterocycles. The van der Waals surface area contributed by atoms with Crippen LogP contribution in [0.2, 0.25) is 0 Å². The maximum Gasteiger partial charge on any atom is 0.251 e. The van der Waals surface area contributed by atoms with Gasteiger partial charge in [0.05, 0.1) is 5.75 Å². The standard InChI is InChI=1S/C28H24N2O2S/c31-26-19-33-28(30(26)18-20-7-2-1-3-8-20)23-15-13-22(14-16-23)27(32)29-17-24-11-6-10-21-9-4-5-12-25(21)24/h1-16,28H,17-19H2,(H,29,32)/t28-/m0/s1. The zero-order valence-corrected chi connectivity index (χ0v) is 18.9. The van der Waals surface area contributed by atoms with Crippen molar-refractivity contribution in [3.63, 3.8) is 0 Å². The number of carbonyl (C=O) groups excluding carboxylic acids is 2. The third-order valence-electron chi connectivity index (χ3n) is 5.94. The lowest BCUT2D eigenvalue weighted by atomic mass is 10.0. The van der Waals surface area contributed by atoms with Crippen LogP contribution in [0, 0.1) is 0 Å². The van der Waals surface area contributed by atoms with Gasteiger partial charge >= 0.3 is 0 Å². The van der Waals surface area contributed by atoms with Crippen LogP contribution in [-0.2, 0) is 17.9 Å². The van der Waals surface area contributed by atoms with Crippen LogP contribution in [0.5, 0.6) is 0 Å². The van der Waals surface area contributed by atoms with E-state index in [0.29, 0.717) is 24.4 Å². The molecule has 2 amide bonds. The molecule has 0 aliphatic carbocycles. The van der Waals surface area contributed by atoms with Gasteiger partial charge in [-0.15, -0.1) is 11.8 Å². The summed E-state index contributed by atoms with van der Waals surface area (Å²) in [6, 6.07) is 32.0. The second-order valence-corrected chi connectivity index (χ2v) is 9.18. The normalized spacial score (nSPS) is 15.7. The number of nitrogens with zero attached hydrogens (tertiary/aromatic N) is 1. The Hall–Kier alpha value is -3.57. The Morgan fingerprint density at radius 1 is 0.879 bits per heavy atom. The quantitative estimate of drug-likeness (QED) is 0.418. The Morgan fingerprint density at radius 2 is 1.61 bits per heavy atom. The van der Waals surface area contributed by atoms with Crippen LogP contribution in [0.25, 0.3) is 10.8 Å². The van der Waals surface area contributed by atoms with Crippen LogP contribution in [-0.4, -0.2) is 22.5 Å². The summed E-state index contributed by atoms with van der Waals surface area (Å²) in [5, 5.41) is 5.31. The molecular formula is C28H24N2O2S. The van der Waals surface area contributed by atoms with Gasteiger partial charge < -0.3 is 10.2 Å². The summed E-state index contributed by atoms with van der Waals surface area (Å²) in [6.45, 7) is 1.06. The van der Waals surface area contributed by atoms with E-state index in [2.05, 4.69) is 23.5 Å². The van der Waals surface area contributed by atoms with Gasteiger partial charge in [0.25, 0.3) is 5.91 Å². The summed E-state index contributed by atoms with van der Waals surface area (Å²) in [5.41, 5.74) is 3.86. The molecule has 5 rings (SSSR count). The van der Waals surface area contributed by atoms with E-state index in [0.717, 1.165) is 27.5 Å². The van der Waals surface area contributed by atoms with Crippen molar-refractivity contribution >= 4 is 34.3 Å². The molecule has 0 bridgehead atoms. The predicted molar refractivity (Wildman–Crippen MR) is 134 cm³/mol. The Kier molecular flexibility index (Phi) is 6.13. The van der Waals surface area contributed by atoms with Crippen molar-refractivity contribution in [2.75, 3.05) is 5.75 Å². The van der Waals surface area contributed by atoms with Gasteiger partial charge in [-0.05, 0) is 39.6 Å². The Morgan fingerprint density at radius 3 is 2.42 bits per heavy atom. The monoisotopic (exact) mass is 452 g/mol. The molecule has 164 valence electrons. The lowest BCUT2D eigenvalue weighted by Crippen LogP contribution is -2.27.